The molecule has 4 heteroatoms. The predicted octanol–water partition coefficient (Wildman–Crippen LogP) is 3.62. The fourth-order valence-corrected chi connectivity index (χ4v) is 2.21. The summed E-state index contributed by atoms with van der Waals surface area (Å²) >= 11 is 0. The molecule has 0 fully saturated rings. The molecule has 0 aromatic heterocycles. The monoisotopic (exact) mass is 287 g/mol. The van der Waals surface area contributed by atoms with Gasteiger partial charge in [-0.2, -0.15) is 0 Å². The highest BCUT2D eigenvalue weighted by Crippen LogP contribution is 2.19. The highest BCUT2D eigenvalue weighted by Gasteiger charge is 2.10. The molecule has 21 heavy (non-hydrogen) atoms. The van der Waals surface area contributed by atoms with Crippen LogP contribution in [0.2, 0.25) is 0 Å². The van der Waals surface area contributed by atoms with Gasteiger partial charge in [-0.15, -0.1) is 0 Å². The summed E-state index contributed by atoms with van der Waals surface area (Å²) in [7, 11) is 0. The van der Waals surface area contributed by atoms with E-state index in [-0.39, 0.29) is 12.2 Å². The Hall–Kier alpha value is -2.36. The van der Waals surface area contributed by atoms with E-state index >= 15 is 0 Å². The molecule has 0 aliphatic carbocycles. The van der Waals surface area contributed by atoms with Gasteiger partial charge in [0.05, 0.1) is 6.42 Å². The Bertz CT molecular complexity index is 628. The largest absolute Gasteiger partial charge is 0.481 e. The lowest BCUT2D eigenvalue weighted by Gasteiger charge is -2.24. The van der Waals surface area contributed by atoms with E-state index in [2.05, 4.69) is 0 Å². The Morgan fingerprint density at radius 1 is 1.19 bits per heavy atom. The van der Waals surface area contributed by atoms with Crippen LogP contribution in [0.3, 0.4) is 0 Å². The lowest BCUT2D eigenvalue weighted by Crippen LogP contribution is -2.25. The van der Waals surface area contributed by atoms with E-state index in [1.54, 1.807) is 6.07 Å². The summed E-state index contributed by atoms with van der Waals surface area (Å²) in [6.07, 6.45) is 0.0449. The molecular formula is C17H18FNO2. The maximum atomic E-state index is 13.3. The van der Waals surface area contributed by atoms with Gasteiger partial charge < -0.3 is 10.0 Å². The van der Waals surface area contributed by atoms with Gasteiger partial charge in [-0.1, -0.05) is 24.3 Å². The summed E-state index contributed by atoms with van der Waals surface area (Å²) in [6.45, 7) is 2.85. The third kappa shape index (κ3) is 4.60. The van der Waals surface area contributed by atoms with Crippen molar-refractivity contribution < 1.29 is 14.3 Å². The van der Waals surface area contributed by atoms with E-state index in [9.17, 15) is 9.18 Å². The molecule has 0 unspecified atom stereocenters. The second-order valence-corrected chi connectivity index (χ2v) is 5.03. The number of carboxylic acids is 1. The van der Waals surface area contributed by atoms with Crippen molar-refractivity contribution in [3.05, 3.63) is 65.5 Å². The molecule has 0 bridgehead atoms. The lowest BCUT2D eigenvalue weighted by atomic mass is 10.1. The maximum Gasteiger partial charge on any atom is 0.305 e. The topological polar surface area (TPSA) is 40.5 Å². The van der Waals surface area contributed by atoms with Crippen molar-refractivity contribution in [2.24, 2.45) is 0 Å². The van der Waals surface area contributed by atoms with Crippen LogP contribution in [0.5, 0.6) is 0 Å². The summed E-state index contributed by atoms with van der Waals surface area (Å²) in [4.78, 5) is 12.8. The molecule has 110 valence electrons. The van der Waals surface area contributed by atoms with Gasteiger partial charge in [0.2, 0.25) is 0 Å². The van der Waals surface area contributed by atoms with Crippen LogP contribution in [0, 0.1) is 12.7 Å². The Morgan fingerprint density at radius 2 is 1.95 bits per heavy atom. The van der Waals surface area contributed by atoms with Gasteiger partial charge in [-0.25, -0.2) is 4.39 Å². The van der Waals surface area contributed by atoms with Crippen LogP contribution in [0.15, 0.2) is 48.5 Å². The van der Waals surface area contributed by atoms with Crippen LogP contribution in [0.4, 0.5) is 10.1 Å². The highest BCUT2D eigenvalue weighted by atomic mass is 19.1. The van der Waals surface area contributed by atoms with Crippen molar-refractivity contribution in [2.45, 2.75) is 19.9 Å². The Labute approximate surface area is 123 Å². The molecule has 0 saturated heterocycles. The quantitative estimate of drug-likeness (QED) is 0.882. The summed E-state index contributed by atoms with van der Waals surface area (Å²) in [5.41, 5.74) is 2.87. The molecule has 0 heterocycles. The molecule has 3 nitrogen and oxygen atoms in total. The van der Waals surface area contributed by atoms with Crippen molar-refractivity contribution in [1.29, 1.82) is 0 Å². The van der Waals surface area contributed by atoms with E-state index in [4.69, 9.17) is 5.11 Å². The van der Waals surface area contributed by atoms with E-state index in [1.165, 1.54) is 12.1 Å². The summed E-state index contributed by atoms with van der Waals surface area (Å²) in [5.74, 6) is -1.12. The number of aryl methyl sites for hydroxylation is 1. The molecule has 0 amide bonds. The summed E-state index contributed by atoms with van der Waals surface area (Å²) in [5, 5.41) is 8.89. The first-order valence-corrected chi connectivity index (χ1v) is 6.82. The van der Waals surface area contributed by atoms with Crippen LogP contribution in [-0.4, -0.2) is 17.6 Å². The molecule has 2 aromatic carbocycles. The molecular weight excluding hydrogens is 269 g/mol. The number of carboxylic acid groups (broad SMARTS) is 1. The molecule has 0 spiro atoms. The number of hydrogen-bond donors (Lipinski definition) is 1. The van der Waals surface area contributed by atoms with E-state index in [1.807, 2.05) is 42.2 Å². The number of anilines is 1. The zero-order valence-electron chi connectivity index (χ0n) is 11.9. The minimum absolute atomic E-state index is 0.0449. The second kappa shape index (κ2) is 6.88. The van der Waals surface area contributed by atoms with Crippen LogP contribution < -0.4 is 4.90 Å². The average molecular weight is 287 g/mol. The van der Waals surface area contributed by atoms with Gasteiger partial charge in [-0.3, -0.25) is 4.79 Å². The first-order valence-electron chi connectivity index (χ1n) is 6.82. The molecule has 1 N–H and O–H groups in total. The molecule has 0 atom stereocenters. The van der Waals surface area contributed by atoms with Gasteiger partial charge >= 0.3 is 5.97 Å². The number of hydrogen-bond acceptors (Lipinski definition) is 2. The lowest BCUT2D eigenvalue weighted by molar-refractivity contribution is -0.136. The van der Waals surface area contributed by atoms with Crippen molar-refractivity contribution >= 4 is 11.7 Å². The number of nitrogens with zero attached hydrogens (tertiary/aromatic N) is 1. The SMILES string of the molecule is Cc1cccc(N(CCC(=O)O)Cc2cccc(F)c2)c1. The normalized spacial score (nSPS) is 10.4. The fraction of sp³-hybridized carbons (Fsp3) is 0.235. The highest BCUT2D eigenvalue weighted by molar-refractivity contribution is 5.67. The van der Waals surface area contributed by atoms with Crippen LogP contribution in [0.1, 0.15) is 17.5 Å². The molecule has 0 aliphatic rings. The number of benzene rings is 2. The van der Waals surface area contributed by atoms with Gasteiger partial charge in [0, 0.05) is 18.8 Å². The van der Waals surface area contributed by atoms with E-state index < -0.39 is 5.97 Å². The summed E-state index contributed by atoms with van der Waals surface area (Å²) in [6, 6.07) is 14.2. The Morgan fingerprint density at radius 3 is 2.62 bits per heavy atom. The zero-order chi connectivity index (χ0) is 15.2. The van der Waals surface area contributed by atoms with Gasteiger partial charge in [0.15, 0.2) is 0 Å². The third-order valence-electron chi connectivity index (χ3n) is 3.22. The van der Waals surface area contributed by atoms with Crippen molar-refractivity contribution in [3.63, 3.8) is 0 Å². The minimum atomic E-state index is -0.841. The van der Waals surface area contributed by atoms with Crippen LogP contribution in [0.25, 0.3) is 0 Å². The average Bonchev–Trinajstić information content (AvgIpc) is 2.43. The van der Waals surface area contributed by atoms with Crippen molar-refractivity contribution in [2.75, 3.05) is 11.4 Å². The Balaban J connectivity index is 2.21. The van der Waals surface area contributed by atoms with Crippen molar-refractivity contribution in [3.8, 4) is 0 Å². The summed E-state index contributed by atoms with van der Waals surface area (Å²) < 4.78 is 13.3. The van der Waals surface area contributed by atoms with Crippen molar-refractivity contribution in [1.82, 2.24) is 0 Å². The first kappa shape index (κ1) is 15.0. The molecule has 0 aliphatic heterocycles. The predicted molar refractivity (Wildman–Crippen MR) is 80.9 cm³/mol. The molecule has 2 rings (SSSR count). The van der Waals surface area contributed by atoms with Gasteiger partial charge in [-0.05, 0) is 42.3 Å². The first-order chi connectivity index (χ1) is 10.0. The number of halogens is 1. The molecule has 2 aromatic rings. The molecule has 0 radical (unpaired) electrons. The number of aliphatic carboxylic acids is 1. The fourth-order valence-electron chi connectivity index (χ4n) is 2.21. The maximum absolute atomic E-state index is 13.3. The molecule has 0 saturated carbocycles. The standard InChI is InChI=1S/C17H18FNO2/c1-13-4-2-7-16(10-13)19(9-8-17(20)21)12-14-5-3-6-15(18)11-14/h2-7,10-11H,8-9,12H2,1H3,(H,20,21). The van der Waals surface area contributed by atoms with Crippen LogP contribution in [-0.2, 0) is 11.3 Å². The third-order valence-corrected chi connectivity index (χ3v) is 3.22. The van der Waals surface area contributed by atoms with E-state index in [0.29, 0.717) is 13.1 Å². The minimum Gasteiger partial charge on any atom is -0.481 e. The van der Waals surface area contributed by atoms with E-state index in [0.717, 1.165) is 16.8 Å². The van der Waals surface area contributed by atoms with Crippen LogP contribution >= 0.6 is 0 Å². The van der Waals surface area contributed by atoms with Gasteiger partial charge in [0.1, 0.15) is 5.82 Å². The zero-order valence-corrected chi connectivity index (χ0v) is 11.9. The van der Waals surface area contributed by atoms with Gasteiger partial charge in [0.25, 0.3) is 0 Å². The number of carbonyl (C=O) groups is 1. The second-order valence-electron chi connectivity index (χ2n) is 5.03. The Kier molecular flexibility index (Phi) is 4.93. The number of rotatable bonds is 6. The smallest absolute Gasteiger partial charge is 0.305 e.